The predicted molar refractivity (Wildman–Crippen MR) is 77.0 cm³/mol. The number of halogens is 1. The van der Waals surface area contributed by atoms with Gasteiger partial charge in [-0.15, -0.1) is 0 Å². The number of aromatic nitrogens is 2. The van der Waals surface area contributed by atoms with Crippen LogP contribution in [0.15, 0.2) is 42.6 Å². The van der Waals surface area contributed by atoms with Gasteiger partial charge >= 0.3 is 5.97 Å². The number of imidazole rings is 1. The highest BCUT2D eigenvalue weighted by Gasteiger charge is 2.20. The highest BCUT2D eigenvalue weighted by Crippen LogP contribution is 2.27. The first-order chi connectivity index (χ1) is 9.56. The average molecular weight is 288 g/mol. The van der Waals surface area contributed by atoms with Gasteiger partial charge in [-0.3, -0.25) is 4.40 Å². The summed E-state index contributed by atoms with van der Waals surface area (Å²) in [4.78, 5) is 15.9. The van der Waals surface area contributed by atoms with Crippen LogP contribution in [-0.4, -0.2) is 20.5 Å². The van der Waals surface area contributed by atoms with Gasteiger partial charge in [0.1, 0.15) is 11.3 Å². The zero-order valence-electron chi connectivity index (χ0n) is 10.2. The Kier molecular flexibility index (Phi) is 2.84. The van der Waals surface area contributed by atoms with Gasteiger partial charge in [-0.1, -0.05) is 23.7 Å². The van der Waals surface area contributed by atoms with Crippen LogP contribution in [0.2, 0.25) is 5.02 Å². The summed E-state index contributed by atoms with van der Waals surface area (Å²) < 4.78 is 1.46. The number of nitrogens with zero attached hydrogens (tertiary/aromatic N) is 2. The minimum Gasteiger partial charge on any atom is -0.476 e. The van der Waals surface area contributed by atoms with Crippen molar-refractivity contribution in [1.29, 1.82) is 0 Å². The molecule has 6 heteroatoms. The molecule has 0 fully saturated rings. The number of hydrogen-bond donors (Lipinski definition) is 2. The van der Waals surface area contributed by atoms with Crippen LogP contribution in [0.25, 0.3) is 16.9 Å². The van der Waals surface area contributed by atoms with E-state index in [4.69, 9.17) is 17.3 Å². The molecule has 2 aromatic heterocycles. The van der Waals surface area contributed by atoms with Gasteiger partial charge in [0.15, 0.2) is 5.69 Å². The van der Waals surface area contributed by atoms with Crippen molar-refractivity contribution >= 4 is 28.9 Å². The molecular weight excluding hydrogens is 278 g/mol. The van der Waals surface area contributed by atoms with Crippen molar-refractivity contribution in [3.8, 4) is 11.3 Å². The Hall–Kier alpha value is -2.53. The fourth-order valence-electron chi connectivity index (χ4n) is 2.11. The summed E-state index contributed by atoms with van der Waals surface area (Å²) >= 11 is 5.91. The van der Waals surface area contributed by atoms with E-state index in [1.165, 1.54) is 10.6 Å². The lowest BCUT2D eigenvalue weighted by Gasteiger charge is -2.01. The van der Waals surface area contributed by atoms with E-state index < -0.39 is 5.97 Å². The summed E-state index contributed by atoms with van der Waals surface area (Å²) in [5, 5.41) is 9.88. The number of pyridine rings is 1. The maximum atomic E-state index is 11.5. The zero-order chi connectivity index (χ0) is 14.3. The van der Waals surface area contributed by atoms with Crippen LogP contribution < -0.4 is 5.73 Å². The van der Waals surface area contributed by atoms with Crippen molar-refractivity contribution in [2.75, 3.05) is 5.73 Å². The van der Waals surface area contributed by atoms with Gasteiger partial charge in [0.2, 0.25) is 0 Å². The Morgan fingerprint density at radius 3 is 2.80 bits per heavy atom. The molecule has 0 aliphatic carbocycles. The van der Waals surface area contributed by atoms with E-state index in [9.17, 15) is 9.90 Å². The van der Waals surface area contributed by atoms with Crippen LogP contribution in [-0.2, 0) is 0 Å². The second-order valence-electron chi connectivity index (χ2n) is 4.32. The van der Waals surface area contributed by atoms with Gasteiger partial charge < -0.3 is 10.8 Å². The monoisotopic (exact) mass is 287 g/mol. The van der Waals surface area contributed by atoms with E-state index >= 15 is 0 Å². The summed E-state index contributed by atoms with van der Waals surface area (Å²) in [7, 11) is 0. The van der Waals surface area contributed by atoms with Gasteiger partial charge in [0.05, 0.1) is 5.02 Å². The molecule has 0 amide bonds. The minimum atomic E-state index is -1.07. The minimum absolute atomic E-state index is 0.0631. The second kappa shape index (κ2) is 4.54. The fraction of sp³-hybridized carbons (Fsp3) is 0. The Balaban J connectivity index is 2.35. The fourth-order valence-corrected chi connectivity index (χ4v) is 2.27. The van der Waals surface area contributed by atoms with Gasteiger partial charge in [-0.25, -0.2) is 9.78 Å². The molecule has 2 heterocycles. The summed E-state index contributed by atoms with van der Waals surface area (Å²) in [6.45, 7) is 0. The standard InChI is InChI=1S/C14H10ClN3O2/c15-9-4-5-11-17-12(8-2-1-3-10(16)6-8)13(14(19)20)18(11)7-9/h1-7H,16H2,(H,19,20). The van der Waals surface area contributed by atoms with Crippen LogP contribution in [0.1, 0.15) is 10.5 Å². The van der Waals surface area contributed by atoms with Crippen LogP contribution >= 0.6 is 11.6 Å². The maximum absolute atomic E-state index is 11.5. The first-order valence-corrected chi connectivity index (χ1v) is 6.21. The average Bonchev–Trinajstić information content (AvgIpc) is 2.77. The van der Waals surface area contributed by atoms with Crippen molar-refractivity contribution in [3.05, 3.63) is 53.3 Å². The molecule has 3 aromatic rings. The summed E-state index contributed by atoms with van der Waals surface area (Å²) in [5.74, 6) is -1.07. The number of nitrogens with two attached hydrogens (primary N) is 1. The summed E-state index contributed by atoms with van der Waals surface area (Å²) in [6, 6.07) is 10.3. The number of fused-ring (bicyclic) bond motifs is 1. The number of aromatic carboxylic acids is 1. The molecule has 0 atom stereocenters. The number of anilines is 1. The third-order valence-electron chi connectivity index (χ3n) is 2.95. The smallest absolute Gasteiger partial charge is 0.355 e. The Morgan fingerprint density at radius 2 is 2.10 bits per heavy atom. The van der Waals surface area contributed by atoms with E-state index in [1.54, 1.807) is 36.4 Å². The highest BCUT2D eigenvalue weighted by atomic mass is 35.5. The predicted octanol–water partition coefficient (Wildman–Crippen LogP) is 2.94. The molecule has 0 aliphatic heterocycles. The first-order valence-electron chi connectivity index (χ1n) is 5.83. The molecule has 1 aromatic carbocycles. The molecule has 3 rings (SSSR count). The van der Waals surface area contributed by atoms with E-state index in [0.29, 0.717) is 27.6 Å². The molecule has 3 N–H and O–H groups in total. The number of carboxylic acid groups (broad SMARTS) is 1. The third kappa shape index (κ3) is 1.98. The van der Waals surface area contributed by atoms with Crippen molar-refractivity contribution in [2.24, 2.45) is 0 Å². The number of nitrogen functional groups attached to an aromatic ring is 1. The van der Waals surface area contributed by atoms with Crippen LogP contribution in [0, 0.1) is 0 Å². The molecule has 0 bridgehead atoms. The Morgan fingerprint density at radius 1 is 1.30 bits per heavy atom. The largest absolute Gasteiger partial charge is 0.476 e. The van der Waals surface area contributed by atoms with Crippen molar-refractivity contribution in [2.45, 2.75) is 0 Å². The highest BCUT2D eigenvalue weighted by molar-refractivity contribution is 6.30. The first kappa shape index (κ1) is 12.5. The molecule has 0 unspecified atom stereocenters. The van der Waals surface area contributed by atoms with E-state index in [0.717, 1.165) is 0 Å². The summed E-state index contributed by atoms with van der Waals surface area (Å²) in [6.07, 6.45) is 1.53. The number of carbonyl (C=O) groups is 1. The molecule has 0 saturated carbocycles. The number of carboxylic acids is 1. The van der Waals surface area contributed by atoms with Crippen molar-refractivity contribution < 1.29 is 9.90 Å². The number of hydrogen-bond acceptors (Lipinski definition) is 3. The quantitative estimate of drug-likeness (QED) is 0.710. The molecule has 0 radical (unpaired) electrons. The van der Waals surface area contributed by atoms with Crippen molar-refractivity contribution in [3.63, 3.8) is 0 Å². The molecule has 0 spiro atoms. The van der Waals surface area contributed by atoms with Crippen molar-refractivity contribution in [1.82, 2.24) is 9.38 Å². The topological polar surface area (TPSA) is 80.6 Å². The van der Waals surface area contributed by atoms with Gasteiger partial charge in [-0.05, 0) is 24.3 Å². The van der Waals surface area contributed by atoms with E-state index in [-0.39, 0.29) is 5.69 Å². The van der Waals surface area contributed by atoms with Gasteiger partial charge in [0.25, 0.3) is 0 Å². The van der Waals surface area contributed by atoms with Crippen LogP contribution in [0.3, 0.4) is 0 Å². The molecule has 20 heavy (non-hydrogen) atoms. The normalized spacial score (nSPS) is 10.8. The Bertz CT molecular complexity index is 826. The molecule has 5 nitrogen and oxygen atoms in total. The van der Waals surface area contributed by atoms with Gasteiger partial charge in [-0.2, -0.15) is 0 Å². The molecule has 0 aliphatic rings. The Labute approximate surface area is 119 Å². The lowest BCUT2D eigenvalue weighted by atomic mass is 10.1. The lowest BCUT2D eigenvalue weighted by molar-refractivity contribution is 0.0690. The maximum Gasteiger partial charge on any atom is 0.355 e. The van der Waals surface area contributed by atoms with E-state index in [1.807, 2.05) is 0 Å². The lowest BCUT2D eigenvalue weighted by Crippen LogP contribution is -2.03. The zero-order valence-corrected chi connectivity index (χ0v) is 11.0. The van der Waals surface area contributed by atoms with Gasteiger partial charge in [0, 0.05) is 17.4 Å². The third-order valence-corrected chi connectivity index (χ3v) is 3.17. The molecular formula is C14H10ClN3O2. The van der Waals surface area contributed by atoms with Crippen LogP contribution in [0.5, 0.6) is 0 Å². The van der Waals surface area contributed by atoms with Crippen LogP contribution in [0.4, 0.5) is 5.69 Å². The number of rotatable bonds is 2. The summed E-state index contributed by atoms with van der Waals surface area (Å²) in [5.41, 5.74) is 7.89. The molecule has 0 saturated heterocycles. The van der Waals surface area contributed by atoms with E-state index in [2.05, 4.69) is 4.98 Å². The number of benzene rings is 1. The SMILES string of the molecule is Nc1cccc(-c2nc3ccc(Cl)cn3c2C(=O)O)c1. The second-order valence-corrected chi connectivity index (χ2v) is 4.75. The molecule has 100 valence electrons.